The van der Waals surface area contributed by atoms with Gasteiger partial charge in [-0.15, -0.1) is 0 Å². The summed E-state index contributed by atoms with van der Waals surface area (Å²) in [6, 6.07) is 12.0. The lowest BCUT2D eigenvalue weighted by Crippen LogP contribution is -2.38. The Kier molecular flexibility index (Phi) is 3.05. The summed E-state index contributed by atoms with van der Waals surface area (Å²) in [5.74, 6) is 1.50. The monoisotopic (exact) mass is 283 g/mol. The molecular weight excluding hydrogens is 266 g/mol. The molecule has 2 aliphatic rings. The van der Waals surface area contributed by atoms with Gasteiger partial charge in [0.05, 0.1) is 13.2 Å². The Balaban J connectivity index is 1.77. The SMILES string of the molecule is OC1C=C(N2CCOCC2)Oc2c1ccc1ccccc21. The number of rotatable bonds is 1. The molecule has 2 heterocycles. The predicted molar refractivity (Wildman–Crippen MR) is 80.0 cm³/mol. The molecule has 2 aromatic carbocycles. The zero-order valence-electron chi connectivity index (χ0n) is 11.7. The molecule has 0 aliphatic carbocycles. The molecule has 0 saturated carbocycles. The minimum atomic E-state index is -0.629. The van der Waals surface area contributed by atoms with Crippen LogP contribution in [0.3, 0.4) is 0 Å². The smallest absolute Gasteiger partial charge is 0.195 e. The second-order valence-corrected chi connectivity index (χ2v) is 5.36. The minimum Gasteiger partial charge on any atom is -0.440 e. The fourth-order valence-electron chi connectivity index (χ4n) is 2.92. The van der Waals surface area contributed by atoms with E-state index in [2.05, 4.69) is 11.0 Å². The first-order chi connectivity index (χ1) is 10.3. The van der Waals surface area contributed by atoms with E-state index in [0.717, 1.165) is 41.1 Å². The Morgan fingerprint density at radius 2 is 1.86 bits per heavy atom. The maximum absolute atomic E-state index is 10.4. The Bertz CT molecular complexity index is 704. The number of nitrogens with zero attached hydrogens (tertiary/aromatic N) is 1. The van der Waals surface area contributed by atoms with Gasteiger partial charge in [0.2, 0.25) is 0 Å². The third-order valence-electron chi connectivity index (χ3n) is 4.06. The van der Waals surface area contributed by atoms with Gasteiger partial charge in [-0.1, -0.05) is 36.4 Å². The highest BCUT2D eigenvalue weighted by Crippen LogP contribution is 2.39. The number of morpholine rings is 1. The average molecular weight is 283 g/mol. The summed E-state index contributed by atoms with van der Waals surface area (Å²) in [6.07, 6.45) is 1.15. The Hall–Kier alpha value is -2.04. The number of ether oxygens (including phenoxy) is 2. The van der Waals surface area contributed by atoms with Crippen molar-refractivity contribution in [1.82, 2.24) is 4.90 Å². The molecule has 1 fully saturated rings. The lowest BCUT2D eigenvalue weighted by atomic mass is 10.00. The number of hydrogen-bond donors (Lipinski definition) is 1. The molecule has 1 atom stereocenters. The first kappa shape index (κ1) is 12.7. The Morgan fingerprint density at radius 3 is 2.71 bits per heavy atom. The molecule has 1 N–H and O–H groups in total. The van der Waals surface area contributed by atoms with Gasteiger partial charge in [-0.25, -0.2) is 0 Å². The van der Waals surface area contributed by atoms with Gasteiger partial charge in [0.1, 0.15) is 11.9 Å². The van der Waals surface area contributed by atoms with E-state index < -0.39 is 6.10 Å². The topological polar surface area (TPSA) is 41.9 Å². The zero-order chi connectivity index (χ0) is 14.2. The van der Waals surface area contributed by atoms with Crippen LogP contribution in [0.15, 0.2) is 48.4 Å². The molecule has 0 amide bonds. The van der Waals surface area contributed by atoms with Crippen LogP contribution in [0.4, 0.5) is 0 Å². The van der Waals surface area contributed by atoms with Gasteiger partial charge in [0, 0.05) is 30.1 Å². The molecule has 108 valence electrons. The van der Waals surface area contributed by atoms with Crippen molar-refractivity contribution in [2.45, 2.75) is 6.10 Å². The van der Waals surface area contributed by atoms with Crippen LogP contribution in [0, 0.1) is 0 Å². The second-order valence-electron chi connectivity index (χ2n) is 5.36. The van der Waals surface area contributed by atoms with Crippen LogP contribution < -0.4 is 4.74 Å². The van der Waals surface area contributed by atoms with E-state index in [9.17, 15) is 5.11 Å². The molecular formula is C17H17NO3. The summed E-state index contributed by atoms with van der Waals surface area (Å²) >= 11 is 0. The summed E-state index contributed by atoms with van der Waals surface area (Å²) < 4.78 is 11.5. The summed E-state index contributed by atoms with van der Waals surface area (Å²) in [4.78, 5) is 2.12. The molecule has 2 aliphatic heterocycles. The molecule has 0 aromatic heterocycles. The molecule has 21 heavy (non-hydrogen) atoms. The second kappa shape index (κ2) is 5.06. The van der Waals surface area contributed by atoms with Crippen molar-refractivity contribution >= 4 is 10.8 Å². The number of aliphatic hydroxyl groups excluding tert-OH is 1. The van der Waals surface area contributed by atoms with Crippen LogP contribution in [0.5, 0.6) is 5.75 Å². The molecule has 0 spiro atoms. The molecule has 0 bridgehead atoms. The van der Waals surface area contributed by atoms with Crippen LogP contribution >= 0.6 is 0 Å². The van der Waals surface area contributed by atoms with Crippen molar-refractivity contribution in [1.29, 1.82) is 0 Å². The fraction of sp³-hybridized carbons (Fsp3) is 0.294. The first-order valence-electron chi connectivity index (χ1n) is 7.25. The molecule has 4 heteroatoms. The van der Waals surface area contributed by atoms with Crippen molar-refractivity contribution in [3.05, 3.63) is 53.9 Å². The molecule has 1 saturated heterocycles. The third kappa shape index (κ3) is 2.17. The quantitative estimate of drug-likeness (QED) is 0.873. The summed E-state index contributed by atoms with van der Waals surface area (Å²) in [6.45, 7) is 2.97. The van der Waals surface area contributed by atoms with E-state index in [1.165, 1.54) is 0 Å². The number of aliphatic hydroxyl groups is 1. The summed E-state index contributed by atoms with van der Waals surface area (Å²) in [5.41, 5.74) is 0.825. The lowest BCUT2D eigenvalue weighted by molar-refractivity contribution is 0.0312. The standard InChI is InChI=1S/C17H17NO3/c19-15-11-16(18-7-9-20-10-8-18)21-17-13-4-2-1-3-12(13)5-6-14(15)17/h1-6,11,15,19H,7-10H2. The molecule has 0 radical (unpaired) electrons. The predicted octanol–water partition coefficient (Wildman–Crippen LogP) is 2.44. The van der Waals surface area contributed by atoms with E-state index in [1.807, 2.05) is 30.3 Å². The van der Waals surface area contributed by atoms with Crippen LogP contribution in [0.25, 0.3) is 10.8 Å². The average Bonchev–Trinajstić information content (AvgIpc) is 2.55. The van der Waals surface area contributed by atoms with E-state index in [1.54, 1.807) is 6.08 Å². The number of fused-ring (bicyclic) bond motifs is 3. The highest BCUT2D eigenvalue weighted by molar-refractivity contribution is 5.90. The van der Waals surface area contributed by atoms with Crippen LogP contribution in [0.1, 0.15) is 11.7 Å². The van der Waals surface area contributed by atoms with E-state index in [0.29, 0.717) is 13.2 Å². The fourth-order valence-corrected chi connectivity index (χ4v) is 2.92. The molecule has 4 rings (SSSR count). The highest BCUT2D eigenvalue weighted by Gasteiger charge is 2.26. The molecule has 2 aromatic rings. The van der Waals surface area contributed by atoms with E-state index in [-0.39, 0.29) is 0 Å². The van der Waals surface area contributed by atoms with Gasteiger partial charge in [0.25, 0.3) is 0 Å². The highest BCUT2D eigenvalue weighted by atomic mass is 16.5. The van der Waals surface area contributed by atoms with Crippen molar-refractivity contribution in [3.63, 3.8) is 0 Å². The van der Waals surface area contributed by atoms with Crippen LogP contribution in [-0.2, 0) is 4.74 Å². The van der Waals surface area contributed by atoms with Gasteiger partial charge >= 0.3 is 0 Å². The molecule has 1 unspecified atom stereocenters. The largest absolute Gasteiger partial charge is 0.440 e. The van der Waals surface area contributed by atoms with Gasteiger partial charge < -0.3 is 19.5 Å². The normalized spacial score (nSPS) is 21.7. The number of hydrogen-bond acceptors (Lipinski definition) is 4. The zero-order valence-corrected chi connectivity index (χ0v) is 11.7. The minimum absolute atomic E-state index is 0.629. The van der Waals surface area contributed by atoms with Crippen LogP contribution in [-0.4, -0.2) is 36.3 Å². The van der Waals surface area contributed by atoms with Crippen molar-refractivity contribution < 1.29 is 14.6 Å². The van der Waals surface area contributed by atoms with Crippen molar-refractivity contribution in [3.8, 4) is 5.75 Å². The Labute approximate surface area is 123 Å². The number of benzene rings is 2. The van der Waals surface area contributed by atoms with Gasteiger partial charge in [-0.05, 0) is 5.39 Å². The van der Waals surface area contributed by atoms with Gasteiger partial charge in [0.15, 0.2) is 5.88 Å². The summed E-state index contributed by atoms with van der Waals surface area (Å²) in [7, 11) is 0. The first-order valence-corrected chi connectivity index (χ1v) is 7.25. The molecule has 4 nitrogen and oxygen atoms in total. The van der Waals surface area contributed by atoms with Crippen molar-refractivity contribution in [2.24, 2.45) is 0 Å². The lowest BCUT2D eigenvalue weighted by Gasteiger charge is -2.33. The van der Waals surface area contributed by atoms with Crippen LogP contribution in [0.2, 0.25) is 0 Å². The summed E-state index contributed by atoms with van der Waals surface area (Å²) in [5, 5.41) is 12.6. The van der Waals surface area contributed by atoms with Gasteiger partial charge in [-0.2, -0.15) is 0 Å². The van der Waals surface area contributed by atoms with Gasteiger partial charge in [-0.3, -0.25) is 0 Å². The van der Waals surface area contributed by atoms with E-state index in [4.69, 9.17) is 9.47 Å². The Morgan fingerprint density at radius 1 is 1.05 bits per heavy atom. The third-order valence-corrected chi connectivity index (χ3v) is 4.06. The maximum atomic E-state index is 10.4. The van der Waals surface area contributed by atoms with E-state index >= 15 is 0 Å². The van der Waals surface area contributed by atoms with Crippen molar-refractivity contribution in [2.75, 3.05) is 26.3 Å². The maximum Gasteiger partial charge on any atom is 0.195 e.